The van der Waals surface area contributed by atoms with Crippen LogP contribution in [0.2, 0.25) is 0 Å². The average Bonchev–Trinajstić information content (AvgIpc) is 2.61. The Morgan fingerprint density at radius 2 is 1.93 bits per heavy atom. The number of aromatic hydroxyl groups is 1. The third kappa shape index (κ3) is 3.39. The lowest BCUT2D eigenvalue weighted by molar-refractivity contribution is -0.520. The van der Waals surface area contributed by atoms with Crippen LogP contribution in [0.5, 0.6) is 5.75 Å². The maximum atomic E-state index is 12.6. The molecule has 0 bridgehead atoms. The zero-order valence-electron chi connectivity index (χ0n) is 15.0. The molecular weight excluding hydrogens is 342 g/mol. The molecule has 0 amide bonds. The summed E-state index contributed by atoms with van der Waals surface area (Å²) in [6, 6.07) is 16.2. The van der Waals surface area contributed by atoms with Crippen molar-refractivity contribution >= 4 is 17.6 Å². The van der Waals surface area contributed by atoms with Crippen molar-refractivity contribution in [1.29, 1.82) is 0 Å². The van der Waals surface area contributed by atoms with E-state index in [2.05, 4.69) is 20.6 Å². The molecule has 7 heteroatoms. The number of hydrogen-bond acceptors (Lipinski definition) is 5. The van der Waals surface area contributed by atoms with Gasteiger partial charge in [-0.1, -0.05) is 12.1 Å². The molecule has 2 aromatic carbocycles. The number of fused-ring (bicyclic) bond motifs is 1. The Bertz CT molecular complexity index is 1090. The highest BCUT2D eigenvalue weighted by atomic mass is 16.3. The van der Waals surface area contributed by atoms with Crippen molar-refractivity contribution in [2.75, 3.05) is 10.6 Å². The number of benzene rings is 2. The lowest BCUT2D eigenvalue weighted by Crippen LogP contribution is -2.82. The minimum atomic E-state index is -0.463. The van der Waals surface area contributed by atoms with Crippen molar-refractivity contribution in [3.8, 4) is 5.75 Å². The van der Waals surface area contributed by atoms with Gasteiger partial charge in [0, 0.05) is 17.3 Å². The maximum absolute atomic E-state index is 12.6. The predicted molar refractivity (Wildman–Crippen MR) is 104 cm³/mol. The number of rotatable bonds is 2. The SMILES string of the molecule is Cc1cccc(NC2=[NH+]C(c3ccc(O)cc3)n3c(nc(C)cc3=O)N2)c1. The van der Waals surface area contributed by atoms with Crippen molar-refractivity contribution in [1.82, 2.24) is 9.55 Å². The summed E-state index contributed by atoms with van der Waals surface area (Å²) in [6.07, 6.45) is -0.463. The Morgan fingerprint density at radius 3 is 2.67 bits per heavy atom. The highest BCUT2D eigenvalue weighted by molar-refractivity contribution is 5.99. The maximum Gasteiger partial charge on any atom is 0.357 e. The molecule has 1 aliphatic rings. The van der Waals surface area contributed by atoms with Gasteiger partial charge >= 0.3 is 5.96 Å². The minimum absolute atomic E-state index is 0.162. The van der Waals surface area contributed by atoms with Gasteiger partial charge in [0.2, 0.25) is 0 Å². The van der Waals surface area contributed by atoms with Gasteiger partial charge in [0.05, 0.1) is 5.69 Å². The van der Waals surface area contributed by atoms with Gasteiger partial charge in [0.25, 0.3) is 11.5 Å². The fourth-order valence-electron chi connectivity index (χ4n) is 3.12. The molecule has 4 rings (SSSR count). The summed E-state index contributed by atoms with van der Waals surface area (Å²) in [5.74, 6) is 1.24. The summed E-state index contributed by atoms with van der Waals surface area (Å²) in [4.78, 5) is 20.4. The number of aromatic nitrogens is 2. The van der Waals surface area contributed by atoms with Gasteiger partial charge in [0.1, 0.15) is 5.75 Å². The highest BCUT2D eigenvalue weighted by Gasteiger charge is 2.29. The van der Waals surface area contributed by atoms with Gasteiger partial charge in [-0.2, -0.15) is 0 Å². The fourth-order valence-corrected chi connectivity index (χ4v) is 3.12. The van der Waals surface area contributed by atoms with Gasteiger partial charge in [-0.15, -0.1) is 0 Å². The number of phenols is 1. The second-order valence-electron chi connectivity index (χ2n) is 6.56. The number of anilines is 2. The van der Waals surface area contributed by atoms with Crippen molar-refractivity contribution in [3.05, 3.63) is 81.8 Å². The van der Waals surface area contributed by atoms with Gasteiger partial charge in [0.15, 0.2) is 6.17 Å². The lowest BCUT2D eigenvalue weighted by Gasteiger charge is -2.23. The Labute approximate surface area is 156 Å². The van der Waals surface area contributed by atoms with Gasteiger partial charge in [-0.3, -0.25) is 9.79 Å². The molecule has 27 heavy (non-hydrogen) atoms. The summed E-state index contributed by atoms with van der Waals surface area (Å²) in [5.41, 5.74) is 3.35. The zero-order valence-corrected chi connectivity index (χ0v) is 15.0. The Morgan fingerprint density at radius 1 is 1.15 bits per heavy atom. The van der Waals surface area contributed by atoms with Gasteiger partial charge in [-0.25, -0.2) is 20.2 Å². The van der Waals surface area contributed by atoms with E-state index in [1.807, 2.05) is 31.2 Å². The summed E-state index contributed by atoms with van der Waals surface area (Å²) in [7, 11) is 0. The van der Waals surface area contributed by atoms with Crippen LogP contribution in [-0.4, -0.2) is 20.6 Å². The first-order valence-corrected chi connectivity index (χ1v) is 8.63. The van der Waals surface area contributed by atoms with Gasteiger partial charge in [-0.05, 0) is 55.8 Å². The lowest BCUT2D eigenvalue weighted by atomic mass is 10.1. The average molecular weight is 362 g/mol. The molecule has 0 aliphatic carbocycles. The van der Waals surface area contributed by atoms with Crippen LogP contribution in [0.25, 0.3) is 0 Å². The molecular formula is C20H20N5O2+. The van der Waals surface area contributed by atoms with Crippen LogP contribution in [0.1, 0.15) is 23.0 Å². The monoisotopic (exact) mass is 362 g/mol. The topological polar surface area (TPSA) is 93.2 Å². The van der Waals surface area contributed by atoms with E-state index in [1.165, 1.54) is 6.07 Å². The summed E-state index contributed by atoms with van der Waals surface area (Å²) in [5, 5.41) is 16.0. The number of nitrogens with zero attached hydrogens (tertiary/aromatic N) is 2. The van der Waals surface area contributed by atoms with Crippen LogP contribution in [0.4, 0.5) is 11.6 Å². The first-order valence-electron chi connectivity index (χ1n) is 8.63. The molecule has 1 atom stereocenters. The standard InChI is InChI=1S/C20H19N5O2/c1-12-4-3-5-15(10-12)22-19-23-18(14-6-8-16(26)9-7-14)25-17(27)11-13(2)21-20(25)24-19/h3-11,18,26H,1-2H3,(H2,21,22,23,24)/p+1. The second kappa shape index (κ2) is 6.60. The van der Waals surface area contributed by atoms with Crippen LogP contribution < -0.4 is 21.2 Å². The smallest absolute Gasteiger partial charge is 0.357 e. The van der Waals surface area contributed by atoms with Crippen molar-refractivity contribution in [3.63, 3.8) is 0 Å². The molecule has 4 N–H and O–H groups in total. The quantitative estimate of drug-likeness (QED) is 0.548. The van der Waals surface area contributed by atoms with E-state index in [9.17, 15) is 9.90 Å². The third-order valence-corrected chi connectivity index (χ3v) is 4.35. The number of aryl methyl sites for hydroxylation is 2. The summed E-state index contributed by atoms with van der Waals surface area (Å²) in [6.45, 7) is 3.81. The number of hydrogen-bond donors (Lipinski definition) is 4. The van der Waals surface area contributed by atoms with E-state index in [0.717, 1.165) is 16.8 Å². The molecule has 136 valence electrons. The second-order valence-corrected chi connectivity index (χ2v) is 6.56. The molecule has 1 unspecified atom stereocenters. The molecule has 3 aromatic rings. The summed E-state index contributed by atoms with van der Waals surface area (Å²) < 4.78 is 1.56. The number of nitrogens with one attached hydrogen (secondary N) is 3. The van der Waals surface area contributed by atoms with Crippen LogP contribution >= 0.6 is 0 Å². The minimum Gasteiger partial charge on any atom is -0.508 e. The van der Waals surface area contributed by atoms with Crippen LogP contribution in [-0.2, 0) is 0 Å². The van der Waals surface area contributed by atoms with E-state index in [-0.39, 0.29) is 11.3 Å². The molecule has 0 fully saturated rings. The molecule has 0 spiro atoms. The molecule has 0 saturated heterocycles. The van der Waals surface area contributed by atoms with Crippen molar-refractivity contribution in [2.45, 2.75) is 20.0 Å². The van der Waals surface area contributed by atoms with Crippen molar-refractivity contribution < 1.29 is 10.1 Å². The van der Waals surface area contributed by atoms with Crippen molar-refractivity contribution in [2.24, 2.45) is 0 Å². The molecule has 0 saturated carbocycles. The first-order chi connectivity index (χ1) is 13.0. The van der Waals surface area contributed by atoms with E-state index in [1.54, 1.807) is 35.8 Å². The zero-order chi connectivity index (χ0) is 19.0. The van der Waals surface area contributed by atoms with Crippen LogP contribution in [0.15, 0.2) is 59.4 Å². The Balaban J connectivity index is 1.80. The molecule has 7 nitrogen and oxygen atoms in total. The van der Waals surface area contributed by atoms with E-state index in [0.29, 0.717) is 17.6 Å². The fraction of sp³-hybridized carbons (Fsp3) is 0.150. The van der Waals surface area contributed by atoms with E-state index in [4.69, 9.17) is 0 Å². The van der Waals surface area contributed by atoms with Crippen LogP contribution in [0, 0.1) is 13.8 Å². The Hall–Kier alpha value is -3.61. The third-order valence-electron chi connectivity index (χ3n) is 4.35. The van der Waals surface area contributed by atoms with E-state index >= 15 is 0 Å². The first kappa shape index (κ1) is 16.8. The number of guanidine groups is 1. The number of phenolic OH excluding ortho intramolecular Hbond substituents is 1. The molecule has 1 aromatic heterocycles. The molecule has 0 radical (unpaired) electrons. The highest BCUT2D eigenvalue weighted by Crippen LogP contribution is 2.19. The van der Waals surface area contributed by atoms with Crippen LogP contribution in [0.3, 0.4) is 0 Å². The normalized spacial score (nSPS) is 15.5. The van der Waals surface area contributed by atoms with E-state index < -0.39 is 6.17 Å². The largest absolute Gasteiger partial charge is 0.508 e. The predicted octanol–water partition coefficient (Wildman–Crippen LogP) is 1.09. The van der Waals surface area contributed by atoms with Gasteiger partial charge < -0.3 is 5.11 Å². The Kier molecular flexibility index (Phi) is 4.12. The molecule has 2 heterocycles. The summed E-state index contributed by atoms with van der Waals surface area (Å²) >= 11 is 0. The molecule has 1 aliphatic heterocycles.